The number of nitrogens with zero attached hydrogens (tertiary/aromatic N) is 1. The number of benzene rings is 1. The Morgan fingerprint density at radius 2 is 2.00 bits per heavy atom. The van der Waals surface area contributed by atoms with Crippen LogP contribution in [-0.4, -0.2) is 25.0 Å². The minimum Gasteiger partial charge on any atom is -0.330 e. The van der Waals surface area contributed by atoms with E-state index in [1.54, 1.807) is 13.0 Å². The van der Waals surface area contributed by atoms with Gasteiger partial charge in [0.1, 0.15) is 5.82 Å². The van der Waals surface area contributed by atoms with Crippen molar-refractivity contribution in [3.05, 3.63) is 35.1 Å². The Morgan fingerprint density at radius 1 is 1.39 bits per heavy atom. The Kier molecular flexibility index (Phi) is 4.88. The van der Waals surface area contributed by atoms with Gasteiger partial charge in [-0.2, -0.15) is 0 Å². The van der Waals surface area contributed by atoms with Crippen molar-refractivity contribution >= 4 is 0 Å². The van der Waals surface area contributed by atoms with Crippen LogP contribution in [0.15, 0.2) is 18.2 Å². The van der Waals surface area contributed by atoms with E-state index in [4.69, 9.17) is 5.73 Å². The fourth-order valence-electron chi connectivity index (χ4n) is 2.00. The van der Waals surface area contributed by atoms with Crippen molar-refractivity contribution in [3.63, 3.8) is 0 Å². The van der Waals surface area contributed by atoms with Crippen LogP contribution in [0.1, 0.15) is 37.9 Å². The second kappa shape index (κ2) is 5.81. The van der Waals surface area contributed by atoms with Crippen LogP contribution < -0.4 is 5.73 Å². The van der Waals surface area contributed by atoms with Crippen molar-refractivity contribution in [2.45, 2.75) is 33.7 Å². The second-order valence-corrected chi connectivity index (χ2v) is 5.97. The van der Waals surface area contributed by atoms with Crippen LogP contribution in [-0.2, 0) is 0 Å². The molecular formula is C15H25FN2. The van der Waals surface area contributed by atoms with Crippen LogP contribution >= 0.6 is 0 Å². The van der Waals surface area contributed by atoms with Crippen molar-refractivity contribution < 1.29 is 4.39 Å². The Bertz CT molecular complexity index is 401. The van der Waals surface area contributed by atoms with Gasteiger partial charge in [-0.05, 0) is 50.0 Å². The molecule has 102 valence electrons. The molecule has 0 bridgehead atoms. The van der Waals surface area contributed by atoms with E-state index in [1.807, 2.05) is 12.1 Å². The van der Waals surface area contributed by atoms with E-state index in [1.165, 1.54) is 0 Å². The molecule has 0 heterocycles. The summed E-state index contributed by atoms with van der Waals surface area (Å²) in [7, 11) is 2.06. The summed E-state index contributed by atoms with van der Waals surface area (Å²) in [4.78, 5) is 2.22. The van der Waals surface area contributed by atoms with E-state index in [2.05, 4.69) is 32.7 Å². The van der Waals surface area contributed by atoms with Crippen molar-refractivity contribution in [2.75, 3.05) is 20.1 Å². The third-order valence-electron chi connectivity index (χ3n) is 3.57. The first-order chi connectivity index (χ1) is 8.26. The maximum atomic E-state index is 13.6. The van der Waals surface area contributed by atoms with Crippen LogP contribution in [0.4, 0.5) is 4.39 Å². The lowest BCUT2D eigenvalue weighted by atomic mass is 9.92. The molecule has 0 aliphatic rings. The molecule has 0 saturated carbocycles. The van der Waals surface area contributed by atoms with Gasteiger partial charge < -0.3 is 5.73 Å². The van der Waals surface area contributed by atoms with Crippen LogP contribution in [0.2, 0.25) is 0 Å². The summed E-state index contributed by atoms with van der Waals surface area (Å²) in [6.45, 7) is 9.70. The summed E-state index contributed by atoms with van der Waals surface area (Å²) < 4.78 is 13.6. The van der Waals surface area contributed by atoms with E-state index in [-0.39, 0.29) is 17.3 Å². The van der Waals surface area contributed by atoms with Gasteiger partial charge in [0, 0.05) is 12.6 Å². The topological polar surface area (TPSA) is 29.3 Å². The number of halogens is 1. The van der Waals surface area contributed by atoms with Gasteiger partial charge in [-0.3, -0.25) is 4.90 Å². The Labute approximate surface area is 110 Å². The van der Waals surface area contributed by atoms with Crippen molar-refractivity contribution in [1.82, 2.24) is 4.90 Å². The SMILES string of the molecule is Cc1ccc(C(C)N(C)CC(C)(C)CN)cc1F. The van der Waals surface area contributed by atoms with Gasteiger partial charge in [-0.1, -0.05) is 26.0 Å². The van der Waals surface area contributed by atoms with Crippen LogP contribution in [0.3, 0.4) is 0 Å². The Hall–Kier alpha value is -0.930. The molecule has 0 aliphatic heterocycles. The number of hydrogen-bond acceptors (Lipinski definition) is 2. The zero-order chi connectivity index (χ0) is 13.9. The first kappa shape index (κ1) is 15.1. The first-order valence-electron chi connectivity index (χ1n) is 6.43. The second-order valence-electron chi connectivity index (χ2n) is 5.97. The summed E-state index contributed by atoms with van der Waals surface area (Å²) in [5.41, 5.74) is 7.52. The zero-order valence-electron chi connectivity index (χ0n) is 12.1. The Morgan fingerprint density at radius 3 is 2.50 bits per heavy atom. The highest BCUT2D eigenvalue weighted by atomic mass is 19.1. The minimum absolute atomic E-state index is 0.0756. The van der Waals surface area contributed by atoms with E-state index in [0.29, 0.717) is 12.1 Å². The monoisotopic (exact) mass is 252 g/mol. The highest BCUT2D eigenvalue weighted by Gasteiger charge is 2.22. The summed E-state index contributed by atoms with van der Waals surface area (Å²) in [6.07, 6.45) is 0. The molecule has 0 aliphatic carbocycles. The summed E-state index contributed by atoms with van der Waals surface area (Å²) in [6, 6.07) is 5.65. The van der Waals surface area contributed by atoms with Crippen LogP contribution in [0, 0.1) is 18.2 Å². The highest BCUT2D eigenvalue weighted by Crippen LogP contribution is 2.24. The molecule has 1 atom stereocenters. The van der Waals surface area contributed by atoms with Crippen molar-refractivity contribution in [1.29, 1.82) is 0 Å². The van der Waals surface area contributed by atoms with E-state index < -0.39 is 0 Å². The normalized spacial score (nSPS) is 14.0. The summed E-state index contributed by atoms with van der Waals surface area (Å²) >= 11 is 0. The molecule has 2 N–H and O–H groups in total. The standard InChI is InChI=1S/C15H25FN2/c1-11-6-7-13(8-14(11)16)12(2)18(5)10-15(3,4)9-17/h6-8,12H,9-10,17H2,1-5H3. The largest absolute Gasteiger partial charge is 0.330 e. The fourth-order valence-corrected chi connectivity index (χ4v) is 2.00. The van der Waals surface area contributed by atoms with Crippen molar-refractivity contribution in [3.8, 4) is 0 Å². The van der Waals surface area contributed by atoms with E-state index in [9.17, 15) is 4.39 Å². The molecule has 0 aromatic heterocycles. The number of nitrogens with two attached hydrogens (primary N) is 1. The van der Waals surface area contributed by atoms with Crippen LogP contribution in [0.25, 0.3) is 0 Å². The average Bonchev–Trinajstić information content (AvgIpc) is 2.31. The molecule has 0 fully saturated rings. The van der Waals surface area contributed by atoms with Gasteiger partial charge in [0.25, 0.3) is 0 Å². The van der Waals surface area contributed by atoms with Crippen LogP contribution in [0.5, 0.6) is 0 Å². The maximum absolute atomic E-state index is 13.6. The molecule has 18 heavy (non-hydrogen) atoms. The lowest BCUT2D eigenvalue weighted by Crippen LogP contribution is -2.37. The average molecular weight is 252 g/mol. The molecule has 0 spiro atoms. The molecule has 1 aromatic carbocycles. The molecule has 3 heteroatoms. The quantitative estimate of drug-likeness (QED) is 0.872. The predicted molar refractivity (Wildman–Crippen MR) is 75.0 cm³/mol. The smallest absolute Gasteiger partial charge is 0.126 e. The number of hydrogen-bond donors (Lipinski definition) is 1. The van der Waals surface area contributed by atoms with E-state index in [0.717, 1.165) is 12.1 Å². The van der Waals surface area contributed by atoms with Gasteiger partial charge >= 0.3 is 0 Å². The summed E-state index contributed by atoms with van der Waals surface area (Å²) in [5.74, 6) is -0.133. The van der Waals surface area contributed by atoms with Gasteiger partial charge in [-0.15, -0.1) is 0 Å². The number of aryl methyl sites for hydroxylation is 1. The van der Waals surface area contributed by atoms with E-state index >= 15 is 0 Å². The number of rotatable bonds is 5. The zero-order valence-corrected chi connectivity index (χ0v) is 12.1. The maximum Gasteiger partial charge on any atom is 0.126 e. The fraction of sp³-hybridized carbons (Fsp3) is 0.600. The molecule has 2 nitrogen and oxygen atoms in total. The highest BCUT2D eigenvalue weighted by molar-refractivity contribution is 5.25. The summed E-state index contributed by atoms with van der Waals surface area (Å²) in [5, 5.41) is 0. The lowest BCUT2D eigenvalue weighted by Gasteiger charge is -2.33. The third-order valence-corrected chi connectivity index (χ3v) is 3.57. The van der Waals surface area contributed by atoms with Gasteiger partial charge in [0.05, 0.1) is 0 Å². The molecule has 1 unspecified atom stereocenters. The van der Waals surface area contributed by atoms with Crippen molar-refractivity contribution in [2.24, 2.45) is 11.1 Å². The first-order valence-corrected chi connectivity index (χ1v) is 6.43. The molecule has 0 radical (unpaired) electrons. The lowest BCUT2D eigenvalue weighted by molar-refractivity contribution is 0.174. The Balaban J connectivity index is 2.80. The molecule has 0 saturated heterocycles. The van der Waals surface area contributed by atoms with Gasteiger partial charge in [-0.25, -0.2) is 4.39 Å². The van der Waals surface area contributed by atoms with Gasteiger partial charge in [0.15, 0.2) is 0 Å². The molecule has 0 amide bonds. The van der Waals surface area contributed by atoms with Gasteiger partial charge in [0.2, 0.25) is 0 Å². The molecular weight excluding hydrogens is 227 g/mol. The third kappa shape index (κ3) is 3.79. The molecule has 1 rings (SSSR count). The predicted octanol–water partition coefficient (Wildman–Crippen LogP) is 3.11. The minimum atomic E-state index is -0.133. The molecule has 1 aromatic rings.